The van der Waals surface area contributed by atoms with Gasteiger partial charge in [-0.25, -0.2) is 0 Å². The number of rotatable bonds is 46. The molecule has 1 unspecified atom stereocenters. The summed E-state index contributed by atoms with van der Waals surface area (Å²) in [7, 11) is 3.67. The number of aromatic nitrogens is 1. The van der Waals surface area contributed by atoms with Crippen LogP contribution in [0.2, 0.25) is 0 Å². The maximum absolute atomic E-state index is 10.4. The molecular formula is C52H103N3O5S. The maximum atomic E-state index is 10.4. The number of carbonyl (C=O) groups is 2. The molecule has 362 valence electrons. The second kappa shape index (κ2) is 54.9. The third-order valence-corrected chi connectivity index (χ3v) is 12.4. The summed E-state index contributed by atoms with van der Waals surface area (Å²) >= 11 is 1.68. The molecule has 0 aliphatic carbocycles. The van der Waals surface area contributed by atoms with Gasteiger partial charge in [0.05, 0.1) is 17.6 Å². The third kappa shape index (κ3) is 51.3. The normalized spacial score (nSPS) is 11.7. The van der Waals surface area contributed by atoms with Gasteiger partial charge < -0.3 is 28.5 Å². The SMILES string of the molecule is CCCCCCCC(C)COC.CCCCCCCCC(CCCCCCCC)OC.O=CCCCCCCCN(CCCCCCCC=O)CCCNSCc1ccon1. The molecule has 0 radical (unpaired) electrons. The van der Waals surface area contributed by atoms with Crippen molar-refractivity contribution in [1.82, 2.24) is 14.8 Å². The van der Waals surface area contributed by atoms with Crippen LogP contribution in [0.25, 0.3) is 0 Å². The predicted molar refractivity (Wildman–Crippen MR) is 266 cm³/mol. The topological polar surface area (TPSA) is 93.9 Å². The number of ether oxygens (including phenoxy) is 2. The van der Waals surface area contributed by atoms with Gasteiger partial charge in [0, 0.05) is 46.3 Å². The monoisotopic (exact) mass is 882 g/mol. The van der Waals surface area contributed by atoms with Crippen molar-refractivity contribution in [3.63, 3.8) is 0 Å². The van der Waals surface area contributed by atoms with E-state index in [0.29, 0.717) is 18.9 Å². The summed E-state index contributed by atoms with van der Waals surface area (Å²) in [6.45, 7) is 14.5. The lowest BCUT2D eigenvalue weighted by molar-refractivity contribution is -0.108. The Bertz CT molecular complexity index is 902. The van der Waals surface area contributed by atoms with E-state index in [0.717, 1.165) is 68.9 Å². The van der Waals surface area contributed by atoms with E-state index < -0.39 is 0 Å². The van der Waals surface area contributed by atoms with Crippen LogP contribution in [-0.2, 0) is 24.8 Å². The van der Waals surface area contributed by atoms with Gasteiger partial charge in [-0.15, -0.1) is 0 Å². The molecule has 9 heteroatoms. The second-order valence-electron chi connectivity index (χ2n) is 17.5. The van der Waals surface area contributed by atoms with E-state index in [1.807, 2.05) is 13.2 Å². The highest BCUT2D eigenvalue weighted by Gasteiger charge is 2.08. The van der Waals surface area contributed by atoms with Gasteiger partial charge in [-0.3, -0.25) is 4.72 Å². The van der Waals surface area contributed by atoms with Crippen LogP contribution in [0.15, 0.2) is 16.9 Å². The lowest BCUT2D eigenvalue weighted by Crippen LogP contribution is -2.29. The van der Waals surface area contributed by atoms with E-state index in [9.17, 15) is 9.59 Å². The Labute approximate surface area is 383 Å². The summed E-state index contributed by atoms with van der Waals surface area (Å²) in [6.07, 6.45) is 46.2. The summed E-state index contributed by atoms with van der Waals surface area (Å²) in [5.41, 5.74) is 0.968. The molecule has 61 heavy (non-hydrogen) atoms. The molecule has 8 nitrogen and oxygen atoms in total. The standard InChI is InChI=1S/C23H41N3O3S.C18H38O.C11H24O/c27-19-11-7-3-1-5-9-16-26(17-10-6-2-4-8-12-20-28)18-13-15-24-30-22-23-14-21-29-25-23;1-4-6-8-10-12-14-16-18(19-3)17-15-13-11-9-7-5-2;1-4-5-6-7-8-9-11(2)10-12-3/h14,19-21,24H,1-13,15-18,22H2;18H,4-17H2,1-3H3;11H,4-10H2,1-3H3. The summed E-state index contributed by atoms with van der Waals surface area (Å²) in [6, 6.07) is 1.90. The van der Waals surface area contributed by atoms with Crippen LogP contribution >= 0.6 is 11.9 Å². The van der Waals surface area contributed by atoms with Gasteiger partial charge in [0.1, 0.15) is 18.8 Å². The van der Waals surface area contributed by atoms with Crippen molar-refractivity contribution in [3.8, 4) is 0 Å². The van der Waals surface area contributed by atoms with E-state index in [1.165, 1.54) is 193 Å². The minimum absolute atomic E-state index is 0.525. The fraction of sp³-hybridized carbons (Fsp3) is 0.904. The van der Waals surface area contributed by atoms with E-state index in [-0.39, 0.29) is 0 Å². The average Bonchev–Trinajstić information content (AvgIpc) is 3.80. The van der Waals surface area contributed by atoms with Crippen LogP contribution in [0.5, 0.6) is 0 Å². The molecule has 0 aliphatic rings. The number of unbranched alkanes of at least 4 members (excludes halogenated alkanes) is 24. The van der Waals surface area contributed by atoms with Crippen LogP contribution in [0.3, 0.4) is 0 Å². The van der Waals surface area contributed by atoms with E-state index in [4.69, 9.17) is 14.0 Å². The zero-order valence-electron chi connectivity index (χ0n) is 41.4. The van der Waals surface area contributed by atoms with Crippen LogP contribution in [0.4, 0.5) is 0 Å². The first-order chi connectivity index (χ1) is 30.0. The van der Waals surface area contributed by atoms with Gasteiger partial charge in [-0.05, 0) is 76.9 Å². The highest BCUT2D eigenvalue weighted by atomic mass is 32.2. The number of carbonyl (C=O) groups excluding carboxylic acids is 2. The first-order valence-corrected chi connectivity index (χ1v) is 26.9. The number of nitrogens with zero attached hydrogens (tertiary/aromatic N) is 2. The Balaban J connectivity index is 0. The third-order valence-electron chi connectivity index (χ3n) is 11.5. The highest BCUT2D eigenvalue weighted by Crippen LogP contribution is 2.17. The molecule has 0 aliphatic heterocycles. The van der Waals surface area contributed by atoms with Gasteiger partial charge in [-0.1, -0.05) is 192 Å². The molecule has 1 atom stereocenters. The van der Waals surface area contributed by atoms with Crippen molar-refractivity contribution in [1.29, 1.82) is 0 Å². The number of methoxy groups -OCH3 is 2. The maximum Gasteiger partial charge on any atom is 0.124 e. The number of hydrogen-bond acceptors (Lipinski definition) is 9. The van der Waals surface area contributed by atoms with Crippen LogP contribution in [-0.4, -0.2) is 75.7 Å². The minimum Gasteiger partial charge on any atom is -0.384 e. The zero-order chi connectivity index (χ0) is 45.0. The lowest BCUT2D eigenvalue weighted by Gasteiger charge is -2.22. The molecule has 0 spiro atoms. The van der Waals surface area contributed by atoms with Crippen molar-refractivity contribution in [2.45, 2.75) is 251 Å². The Morgan fingerprint density at radius 1 is 0.623 bits per heavy atom. The van der Waals surface area contributed by atoms with Crippen LogP contribution in [0, 0.1) is 5.92 Å². The Morgan fingerprint density at radius 2 is 1.07 bits per heavy atom. The van der Waals surface area contributed by atoms with Gasteiger partial charge in [0.15, 0.2) is 0 Å². The van der Waals surface area contributed by atoms with Gasteiger partial charge in [0.2, 0.25) is 0 Å². The van der Waals surface area contributed by atoms with Gasteiger partial charge in [0.25, 0.3) is 0 Å². The second-order valence-corrected chi connectivity index (χ2v) is 18.4. The van der Waals surface area contributed by atoms with E-state index in [1.54, 1.807) is 25.3 Å². The fourth-order valence-electron chi connectivity index (χ4n) is 7.56. The molecule has 0 fully saturated rings. The number of nitrogens with one attached hydrogen (secondary N) is 1. The number of hydrogen-bond donors (Lipinski definition) is 1. The van der Waals surface area contributed by atoms with E-state index >= 15 is 0 Å². The molecule has 0 bridgehead atoms. The van der Waals surface area contributed by atoms with E-state index in [2.05, 4.69) is 42.5 Å². The Kier molecular flexibility index (Phi) is 55.6. The minimum atomic E-state index is 0.525. The van der Waals surface area contributed by atoms with Crippen molar-refractivity contribution < 1.29 is 23.6 Å². The average molecular weight is 882 g/mol. The van der Waals surface area contributed by atoms with Crippen LogP contribution in [0.1, 0.15) is 245 Å². The Morgan fingerprint density at radius 3 is 1.51 bits per heavy atom. The van der Waals surface area contributed by atoms with Crippen molar-refractivity contribution >= 4 is 24.5 Å². The van der Waals surface area contributed by atoms with Crippen molar-refractivity contribution in [2.75, 3.05) is 47.0 Å². The summed E-state index contributed by atoms with van der Waals surface area (Å²) < 4.78 is 19.0. The fourth-order valence-corrected chi connectivity index (χ4v) is 8.24. The molecule has 0 aromatic carbocycles. The molecule has 0 saturated carbocycles. The molecule has 0 saturated heterocycles. The molecule has 1 heterocycles. The first kappa shape index (κ1) is 61.8. The lowest BCUT2D eigenvalue weighted by atomic mass is 10.0. The van der Waals surface area contributed by atoms with Gasteiger partial charge >= 0.3 is 0 Å². The quantitative estimate of drug-likeness (QED) is 0.0390. The summed E-state index contributed by atoms with van der Waals surface area (Å²) in [4.78, 5) is 23.4. The molecular weight excluding hydrogens is 779 g/mol. The molecule has 1 aromatic rings. The van der Waals surface area contributed by atoms with Crippen molar-refractivity contribution in [2.24, 2.45) is 5.92 Å². The smallest absolute Gasteiger partial charge is 0.124 e. The summed E-state index contributed by atoms with van der Waals surface area (Å²) in [5.74, 6) is 1.57. The first-order valence-electron chi connectivity index (χ1n) is 25.9. The zero-order valence-corrected chi connectivity index (χ0v) is 42.2. The molecule has 1 N–H and O–H groups in total. The highest BCUT2D eigenvalue weighted by molar-refractivity contribution is 7.96. The van der Waals surface area contributed by atoms with Crippen molar-refractivity contribution in [3.05, 3.63) is 18.0 Å². The Hall–Kier alpha value is -1.26. The molecule has 1 rings (SSSR count). The predicted octanol–water partition coefficient (Wildman–Crippen LogP) is 15.3. The number of aldehydes is 2. The summed E-state index contributed by atoms with van der Waals surface area (Å²) in [5, 5.41) is 3.91. The largest absolute Gasteiger partial charge is 0.384 e. The molecule has 0 amide bonds. The van der Waals surface area contributed by atoms with Gasteiger partial charge in [-0.2, -0.15) is 0 Å². The van der Waals surface area contributed by atoms with Crippen LogP contribution < -0.4 is 4.72 Å². The molecule has 1 aromatic heterocycles.